The molecule has 7 nitrogen and oxygen atoms in total. The van der Waals surface area contributed by atoms with Crippen molar-refractivity contribution >= 4 is 16.0 Å². The molecule has 0 amide bonds. The van der Waals surface area contributed by atoms with E-state index in [1.807, 2.05) is 30.3 Å². The summed E-state index contributed by atoms with van der Waals surface area (Å²) in [4.78, 5) is 11.6. The Hall–Kier alpha value is -2.97. The zero-order valence-electron chi connectivity index (χ0n) is 14.8. The lowest BCUT2D eigenvalue weighted by molar-refractivity contribution is -0.142. The van der Waals surface area contributed by atoms with E-state index in [4.69, 9.17) is 5.14 Å². The highest BCUT2D eigenvalue weighted by molar-refractivity contribution is 7.89. The summed E-state index contributed by atoms with van der Waals surface area (Å²) >= 11 is 0. The van der Waals surface area contributed by atoms with E-state index in [0.29, 0.717) is 17.1 Å². The minimum Gasteiger partial charge on any atom is -0.481 e. The summed E-state index contributed by atoms with van der Waals surface area (Å²) in [6.07, 6.45) is 0. The summed E-state index contributed by atoms with van der Waals surface area (Å²) in [6, 6.07) is 17.1. The summed E-state index contributed by atoms with van der Waals surface area (Å²) in [5.41, 5.74) is 1.35. The van der Waals surface area contributed by atoms with Crippen LogP contribution in [-0.2, 0) is 20.2 Å². The van der Waals surface area contributed by atoms with Crippen molar-refractivity contribution in [3.05, 3.63) is 66.4 Å². The number of nitrogens with two attached hydrogens (primary N) is 1. The van der Waals surface area contributed by atoms with E-state index < -0.39 is 21.4 Å². The molecule has 3 rings (SSSR count). The summed E-state index contributed by atoms with van der Waals surface area (Å²) < 4.78 is 24.5. The molecule has 0 saturated carbocycles. The molecule has 0 bridgehead atoms. The number of rotatable bonds is 5. The third-order valence-corrected chi connectivity index (χ3v) is 5.29. The van der Waals surface area contributed by atoms with E-state index in [9.17, 15) is 18.3 Å². The van der Waals surface area contributed by atoms with Crippen LogP contribution in [0.4, 0.5) is 0 Å². The van der Waals surface area contributed by atoms with Gasteiger partial charge in [0.15, 0.2) is 0 Å². The van der Waals surface area contributed by atoms with Crippen molar-refractivity contribution in [1.29, 1.82) is 0 Å². The van der Waals surface area contributed by atoms with Crippen molar-refractivity contribution in [1.82, 2.24) is 9.78 Å². The second kappa shape index (κ2) is 6.64. The molecule has 1 heterocycles. The van der Waals surface area contributed by atoms with Gasteiger partial charge in [0.2, 0.25) is 10.0 Å². The van der Waals surface area contributed by atoms with Gasteiger partial charge in [-0.15, -0.1) is 0 Å². The van der Waals surface area contributed by atoms with Crippen LogP contribution in [-0.4, -0.2) is 29.3 Å². The van der Waals surface area contributed by atoms with E-state index in [-0.39, 0.29) is 4.90 Å². The Morgan fingerprint density at radius 2 is 1.67 bits per heavy atom. The average Bonchev–Trinajstić information content (AvgIpc) is 3.08. The number of aliphatic carboxylic acids is 1. The largest absolute Gasteiger partial charge is 0.481 e. The van der Waals surface area contributed by atoms with Gasteiger partial charge in [-0.05, 0) is 44.2 Å². The number of primary sulfonamides is 1. The van der Waals surface area contributed by atoms with Gasteiger partial charge in [-0.25, -0.2) is 18.2 Å². The molecule has 2 aromatic carbocycles. The first kappa shape index (κ1) is 18.8. The molecule has 0 saturated heterocycles. The van der Waals surface area contributed by atoms with Crippen LogP contribution in [0.2, 0.25) is 0 Å². The molecule has 0 aliphatic heterocycles. The van der Waals surface area contributed by atoms with Crippen molar-refractivity contribution < 1.29 is 18.3 Å². The first-order chi connectivity index (χ1) is 12.6. The van der Waals surface area contributed by atoms with Gasteiger partial charge in [0.05, 0.1) is 22.0 Å². The highest BCUT2D eigenvalue weighted by Crippen LogP contribution is 2.30. The van der Waals surface area contributed by atoms with Crippen LogP contribution in [0.1, 0.15) is 19.5 Å². The summed E-state index contributed by atoms with van der Waals surface area (Å²) in [5, 5.41) is 19.2. The van der Waals surface area contributed by atoms with Gasteiger partial charge in [-0.1, -0.05) is 30.3 Å². The number of aromatic nitrogens is 2. The Labute approximate surface area is 157 Å². The molecule has 0 aliphatic rings. The number of carboxylic acids is 1. The smallest absolute Gasteiger partial charge is 0.315 e. The van der Waals surface area contributed by atoms with Crippen LogP contribution in [0, 0.1) is 0 Å². The lowest BCUT2D eigenvalue weighted by atomic mass is 9.89. The Balaban J connectivity index is 2.19. The van der Waals surface area contributed by atoms with Crippen molar-refractivity contribution in [3.8, 4) is 16.9 Å². The molecule has 0 fully saturated rings. The third kappa shape index (κ3) is 3.62. The predicted octanol–water partition coefficient (Wildman–Crippen LogP) is 2.55. The number of sulfonamides is 1. The van der Waals surface area contributed by atoms with E-state index in [0.717, 1.165) is 5.56 Å². The Kier molecular flexibility index (Phi) is 4.63. The zero-order chi connectivity index (χ0) is 19.8. The summed E-state index contributed by atoms with van der Waals surface area (Å²) in [6.45, 7) is 3.17. The lowest BCUT2D eigenvalue weighted by Crippen LogP contribution is -2.29. The third-order valence-electron chi connectivity index (χ3n) is 4.36. The first-order valence-electron chi connectivity index (χ1n) is 8.13. The fraction of sp³-hybridized carbons (Fsp3) is 0.158. The molecule has 0 radical (unpaired) electrons. The van der Waals surface area contributed by atoms with Gasteiger partial charge in [-0.2, -0.15) is 5.10 Å². The fourth-order valence-corrected chi connectivity index (χ4v) is 3.10. The average molecular weight is 385 g/mol. The van der Waals surface area contributed by atoms with Gasteiger partial charge in [0.25, 0.3) is 0 Å². The van der Waals surface area contributed by atoms with Crippen molar-refractivity contribution in [3.63, 3.8) is 0 Å². The quantitative estimate of drug-likeness (QED) is 0.700. The highest BCUT2D eigenvalue weighted by Gasteiger charge is 2.33. The zero-order valence-corrected chi connectivity index (χ0v) is 15.6. The Morgan fingerprint density at radius 1 is 1.07 bits per heavy atom. The molecular weight excluding hydrogens is 366 g/mol. The van der Waals surface area contributed by atoms with Crippen LogP contribution in [0.5, 0.6) is 0 Å². The fourth-order valence-electron chi connectivity index (χ4n) is 2.58. The number of hydrogen-bond acceptors (Lipinski definition) is 4. The van der Waals surface area contributed by atoms with Crippen LogP contribution in [0.3, 0.4) is 0 Å². The lowest BCUT2D eigenvalue weighted by Gasteiger charge is -2.15. The maximum atomic E-state index is 11.6. The van der Waals surface area contributed by atoms with Gasteiger partial charge >= 0.3 is 5.97 Å². The highest BCUT2D eigenvalue weighted by atomic mass is 32.2. The van der Waals surface area contributed by atoms with E-state index in [2.05, 4.69) is 5.10 Å². The number of carboxylic acid groups (broad SMARTS) is 1. The molecule has 1 aromatic heterocycles. The normalized spacial score (nSPS) is 12.1. The van der Waals surface area contributed by atoms with Crippen molar-refractivity contribution in [2.24, 2.45) is 5.14 Å². The molecule has 8 heteroatoms. The van der Waals surface area contributed by atoms with Crippen LogP contribution < -0.4 is 5.14 Å². The van der Waals surface area contributed by atoms with E-state index in [1.54, 1.807) is 36.7 Å². The SMILES string of the molecule is CC(C)(C(=O)O)c1cc(-c2ccccc2)n(-c2ccc(S(N)(=O)=O)cc2)n1. The topological polar surface area (TPSA) is 115 Å². The molecule has 0 spiro atoms. The molecule has 0 aliphatic carbocycles. The summed E-state index contributed by atoms with van der Waals surface area (Å²) in [7, 11) is -3.80. The van der Waals surface area contributed by atoms with Gasteiger partial charge in [0.1, 0.15) is 5.41 Å². The standard InChI is InChI=1S/C19H19N3O4S/c1-19(2,18(23)24)17-12-16(13-6-4-3-5-7-13)22(21-17)14-8-10-15(11-9-14)27(20,25)26/h3-12H,1-2H3,(H,23,24)(H2,20,25,26). The Morgan fingerprint density at radius 3 is 2.19 bits per heavy atom. The monoisotopic (exact) mass is 385 g/mol. The number of hydrogen-bond donors (Lipinski definition) is 2. The van der Waals surface area contributed by atoms with Crippen LogP contribution >= 0.6 is 0 Å². The predicted molar refractivity (Wildman–Crippen MR) is 101 cm³/mol. The van der Waals surface area contributed by atoms with Crippen LogP contribution in [0.25, 0.3) is 16.9 Å². The van der Waals surface area contributed by atoms with Crippen molar-refractivity contribution in [2.45, 2.75) is 24.2 Å². The van der Waals surface area contributed by atoms with E-state index in [1.165, 1.54) is 12.1 Å². The molecule has 3 N–H and O–H groups in total. The second-order valence-corrected chi connectivity index (χ2v) is 8.22. The van der Waals surface area contributed by atoms with E-state index >= 15 is 0 Å². The second-order valence-electron chi connectivity index (χ2n) is 6.66. The molecule has 27 heavy (non-hydrogen) atoms. The minimum atomic E-state index is -3.80. The maximum absolute atomic E-state index is 11.6. The number of nitrogens with zero attached hydrogens (tertiary/aromatic N) is 2. The number of benzene rings is 2. The van der Waals surface area contributed by atoms with Crippen LogP contribution in [0.15, 0.2) is 65.6 Å². The molecule has 0 atom stereocenters. The van der Waals surface area contributed by atoms with Gasteiger partial charge in [-0.3, -0.25) is 4.79 Å². The minimum absolute atomic E-state index is 0.00856. The number of carbonyl (C=O) groups is 1. The van der Waals surface area contributed by atoms with Gasteiger partial charge in [0, 0.05) is 5.56 Å². The first-order valence-corrected chi connectivity index (χ1v) is 9.68. The van der Waals surface area contributed by atoms with Gasteiger partial charge < -0.3 is 5.11 Å². The molecule has 3 aromatic rings. The maximum Gasteiger partial charge on any atom is 0.315 e. The Bertz CT molecular complexity index is 1090. The summed E-state index contributed by atoms with van der Waals surface area (Å²) in [5.74, 6) is -0.990. The van der Waals surface area contributed by atoms with Crippen molar-refractivity contribution in [2.75, 3.05) is 0 Å². The molecule has 0 unspecified atom stereocenters. The molecule has 140 valence electrons. The molecular formula is C19H19N3O4S.